The van der Waals surface area contributed by atoms with Crippen LogP contribution in [0.5, 0.6) is 5.75 Å². The molecule has 0 bridgehead atoms. The summed E-state index contributed by atoms with van der Waals surface area (Å²) in [5.74, 6) is 1.57. The van der Waals surface area contributed by atoms with Crippen LogP contribution < -0.4 is 4.74 Å². The Hall–Kier alpha value is -2.07. The van der Waals surface area contributed by atoms with Crippen LogP contribution in [-0.4, -0.2) is 31.2 Å². The Morgan fingerprint density at radius 3 is 2.56 bits per heavy atom. The van der Waals surface area contributed by atoms with Crippen molar-refractivity contribution in [2.45, 2.75) is 39.0 Å². The van der Waals surface area contributed by atoms with E-state index in [-0.39, 0.29) is 11.9 Å². The minimum Gasteiger partial charge on any atom is -0.497 e. The van der Waals surface area contributed by atoms with Crippen molar-refractivity contribution in [1.82, 2.24) is 5.06 Å². The van der Waals surface area contributed by atoms with E-state index in [4.69, 9.17) is 9.57 Å². The average molecular weight is 341 g/mol. The maximum Gasteiger partial charge on any atom is 0.325 e. The summed E-state index contributed by atoms with van der Waals surface area (Å²) < 4.78 is 5.27. The zero-order chi connectivity index (χ0) is 17.8. The number of fused-ring (bicyclic) bond motifs is 1. The lowest BCUT2D eigenvalue weighted by atomic mass is 9.95. The van der Waals surface area contributed by atoms with Crippen LogP contribution in [0.4, 0.5) is 0 Å². The smallest absolute Gasteiger partial charge is 0.325 e. The molecule has 0 aromatic heterocycles. The molecular weight excluding hydrogens is 314 g/mol. The molecule has 1 fully saturated rings. The van der Waals surface area contributed by atoms with Crippen LogP contribution in [0.25, 0.3) is 10.8 Å². The van der Waals surface area contributed by atoms with Crippen molar-refractivity contribution in [3.05, 3.63) is 42.0 Å². The van der Waals surface area contributed by atoms with Crippen molar-refractivity contribution in [3.63, 3.8) is 0 Å². The molecule has 25 heavy (non-hydrogen) atoms. The quantitative estimate of drug-likeness (QED) is 0.801. The number of nitrogens with zero attached hydrogens (tertiary/aromatic N) is 1. The van der Waals surface area contributed by atoms with E-state index in [1.807, 2.05) is 17.2 Å². The Morgan fingerprint density at radius 1 is 1.16 bits per heavy atom. The molecule has 0 radical (unpaired) electrons. The van der Waals surface area contributed by atoms with Crippen LogP contribution in [0, 0.1) is 5.92 Å². The summed E-state index contributed by atoms with van der Waals surface area (Å²) in [6.07, 6.45) is 2.58. The number of hydroxylamine groups is 2. The van der Waals surface area contributed by atoms with E-state index < -0.39 is 0 Å². The standard InChI is InChI=1S/C21H27NO3/c1-15-8-10-22(11-9-15)25-21(23)12-16(2)17-4-5-19-14-20(24-3)7-6-18(19)13-17/h4-7,13-16H,8-12H2,1-3H3. The van der Waals surface area contributed by atoms with E-state index in [0.29, 0.717) is 6.42 Å². The van der Waals surface area contributed by atoms with Gasteiger partial charge in [-0.2, -0.15) is 0 Å². The van der Waals surface area contributed by atoms with Gasteiger partial charge in [0.25, 0.3) is 0 Å². The summed E-state index contributed by atoms with van der Waals surface area (Å²) in [4.78, 5) is 17.8. The number of carbonyl (C=O) groups excluding carboxylic acids is 1. The van der Waals surface area contributed by atoms with E-state index in [2.05, 4.69) is 38.1 Å². The van der Waals surface area contributed by atoms with Crippen molar-refractivity contribution in [3.8, 4) is 5.75 Å². The van der Waals surface area contributed by atoms with Gasteiger partial charge in [0.15, 0.2) is 0 Å². The van der Waals surface area contributed by atoms with Gasteiger partial charge in [0.05, 0.1) is 13.5 Å². The fourth-order valence-corrected chi connectivity index (χ4v) is 3.30. The van der Waals surface area contributed by atoms with Gasteiger partial charge in [-0.3, -0.25) is 4.79 Å². The first-order valence-corrected chi connectivity index (χ1v) is 9.08. The van der Waals surface area contributed by atoms with Crippen molar-refractivity contribution in [1.29, 1.82) is 0 Å². The van der Waals surface area contributed by atoms with E-state index in [1.165, 1.54) is 0 Å². The number of ether oxygens (including phenoxy) is 1. The first-order valence-electron chi connectivity index (χ1n) is 9.08. The molecule has 1 aliphatic rings. The normalized spacial score (nSPS) is 17.4. The van der Waals surface area contributed by atoms with Gasteiger partial charge in [0.1, 0.15) is 5.75 Å². The molecule has 0 spiro atoms. The minimum absolute atomic E-state index is 0.128. The van der Waals surface area contributed by atoms with Crippen molar-refractivity contribution in [2.24, 2.45) is 5.92 Å². The summed E-state index contributed by atoms with van der Waals surface area (Å²) in [6, 6.07) is 12.4. The van der Waals surface area contributed by atoms with Gasteiger partial charge in [0.2, 0.25) is 0 Å². The molecular formula is C21H27NO3. The number of methoxy groups -OCH3 is 1. The summed E-state index contributed by atoms with van der Waals surface area (Å²) in [5.41, 5.74) is 1.15. The fourth-order valence-electron chi connectivity index (χ4n) is 3.30. The highest BCUT2D eigenvalue weighted by atomic mass is 16.7. The van der Waals surface area contributed by atoms with Gasteiger partial charge in [0, 0.05) is 13.1 Å². The van der Waals surface area contributed by atoms with Crippen molar-refractivity contribution >= 4 is 16.7 Å². The molecule has 1 saturated heterocycles. The molecule has 1 unspecified atom stereocenters. The van der Waals surface area contributed by atoms with Crippen molar-refractivity contribution < 1.29 is 14.4 Å². The van der Waals surface area contributed by atoms with E-state index >= 15 is 0 Å². The van der Waals surface area contributed by atoms with Crippen LogP contribution in [0.15, 0.2) is 36.4 Å². The summed E-state index contributed by atoms with van der Waals surface area (Å²) in [5, 5.41) is 4.12. The second kappa shape index (κ2) is 7.87. The molecule has 4 heteroatoms. The lowest BCUT2D eigenvalue weighted by Gasteiger charge is -2.28. The highest BCUT2D eigenvalue weighted by Gasteiger charge is 2.20. The monoisotopic (exact) mass is 341 g/mol. The second-order valence-electron chi connectivity index (χ2n) is 7.15. The second-order valence-corrected chi connectivity index (χ2v) is 7.15. The highest BCUT2D eigenvalue weighted by Crippen LogP contribution is 2.27. The molecule has 4 nitrogen and oxygen atoms in total. The van der Waals surface area contributed by atoms with Crippen LogP contribution >= 0.6 is 0 Å². The van der Waals surface area contributed by atoms with Gasteiger partial charge in [-0.1, -0.05) is 38.1 Å². The number of rotatable bonds is 5. The fraction of sp³-hybridized carbons (Fsp3) is 0.476. The third-order valence-electron chi connectivity index (χ3n) is 5.09. The lowest BCUT2D eigenvalue weighted by Crippen LogP contribution is -2.35. The first kappa shape index (κ1) is 17.7. The SMILES string of the molecule is COc1ccc2cc(C(C)CC(=O)ON3CCC(C)CC3)ccc2c1. The van der Waals surface area contributed by atoms with Gasteiger partial charge >= 0.3 is 5.97 Å². The average Bonchev–Trinajstić information content (AvgIpc) is 2.62. The van der Waals surface area contributed by atoms with Gasteiger partial charge in [-0.15, -0.1) is 5.06 Å². The van der Waals surface area contributed by atoms with Gasteiger partial charge < -0.3 is 9.57 Å². The molecule has 0 amide bonds. The van der Waals surface area contributed by atoms with Gasteiger partial charge in [-0.25, -0.2) is 0 Å². The predicted octanol–water partition coefficient (Wildman–Crippen LogP) is 4.53. The minimum atomic E-state index is -0.142. The Kier molecular flexibility index (Phi) is 5.59. The number of piperidine rings is 1. The Balaban J connectivity index is 1.61. The van der Waals surface area contributed by atoms with Gasteiger partial charge in [-0.05, 0) is 53.1 Å². The Bertz CT molecular complexity index is 735. The molecule has 0 aliphatic carbocycles. The zero-order valence-corrected chi connectivity index (χ0v) is 15.3. The van der Waals surface area contributed by atoms with E-state index in [0.717, 1.165) is 53.9 Å². The van der Waals surface area contributed by atoms with Crippen LogP contribution in [0.1, 0.15) is 44.6 Å². The molecule has 134 valence electrons. The Morgan fingerprint density at radius 2 is 1.84 bits per heavy atom. The van der Waals surface area contributed by atoms with Crippen LogP contribution in [-0.2, 0) is 9.63 Å². The molecule has 1 atom stereocenters. The molecule has 1 aliphatic heterocycles. The Labute approximate surface area is 149 Å². The summed E-state index contributed by atoms with van der Waals surface area (Å²) in [6.45, 7) is 6.01. The first-order chi connectivity index (χ1) is 12.0. The van der Waals surface area contributed by atoms with Crippen LogP contribution in [0.3, 0.4) is 0 Å². The predicted molar refractivity (Wildman–Crippen MR) is 99.6 cm³/mol. The number of carbonyl (C=O) groups is 1. The zero-order valence-electron chi connectivity index (χ0n) is 15.3. The molecule has 1 heterocycles. The molecule has 0 saturated carbocycles. The lowest BCUT2D eigenvalue weighted by molar-refractivity contribution is -0.196. The summed E-state index contributed by atoms with van der Waals surface area (Å²) in [7, 11) is 1.67. The number of hydrogen-bond acceptors (Lipinski definition) is 4. The number of hydrogen-bond donors (Lipinski definition) is 0. The van der Waals surface area contributed by atoms with E-state index in [1.54, 1.807) is 7.11 Å². The topological polar surface area (TPSA) is 38.8 Å². The maximum absolute atomic E-state index is 12.2. The largest absolute Gasteiger partial charge is 0.497 e. The van der Waals surface area contributed by atoms with E-state index in [9.17, 15) is 4.79 Å². The number of benzene rings is 2. The molecule has 2 aromatic rings. The molecule has 3 rings (SSSR count). The summed E-state index contributed by atoms with van der Waals surface area (Å²) >= 11 is 0. The highest BCUT2D eigenvalue weighted by molar-refractivity contribution is 5.84. The molecule has 0 N–H and O–H groups in total. The van der Waals surface area contributed by atoms with Crippen molar-refractivity contribution in [2.75, 3.05) is 20.2 Å². The maximum atomic E-state index is 12.2. The van der Waals surface area contributed by atoms with Crippen LogP contribution in [0.2, 0.25) is 0 Å². The molecule has 2 aromatic carbocycles. The third kappa shape index (κ3) is 4.51. The third-order valence-corrected chi connectivity index (χ3v) is 5.09.